The Labute approximate surface area is 422 Å². The molecule has 6 aliphatic heterocycles. The highest BCUT2D eigenvalue weighted by Crippen LogP contribution is 2.71. The van der Waals surface area contributed by atoms with E-state index in [4.69, 9.17) is 0 Å². The molecule has 9 heterocycles. The summed E-state index contributed by atoms with van der Waals surface area (Å²) < 4.78 is 8.77. The van der Waals surface area contributed by atoms with Crippen LogP contribution in [0.5, 0.6) is 0 Å². The Morgan fingerprint density at radius 2 is 0.917 bits per heavy atom. The van der Waals surface area contributed by atoms with Crippen molar-refractivity contribution in [3.8, 4) is 17.2 Å². The molecule has 0 amide bonds. The van der Waals surface area contributed by atoms with Gasteiger partial charge in [-0.1, -0.05) is 76.2 Å². The molecule has 1 spiro atoms. The van der Waals surface area contributed by atoms with Crippen LogP contribution in [0.25, 0.3) is 39.0 Å². The molecule has 8 aliphatic carbocycles. The van der Waals surface area contributed by atoms with Crippen molar-refractivity contribution >= 4 is 56.1 Å². The summed E-state index contributed by atoms with van der Waals surface area (Å²) in [6, 6.07) is 47.5. The average Bonchev–Trinajstić information content (AvgIpc) is 3.90. The average molecular weight is 936 g/mol. The van der Waals surface area contributed by atoms with Gasteiger partial charge in [0.1, 0.15) is 22.3 Å². The Hall–Kier alpha value is -6.20. The lowest BCUT2D eigenvalue weighted by atomic mass is 9.48. The van der Waals surface area contributed by atoms with Gasteiger partial charge in [0, 0.05) is 44.9 Å². The summed E-state index contributed by atoms with van der Waals surface area (Å²) in [6.07, 6.45) is 16.9. The third-order valence-corrected chi connectivity index (χ3v) is 23.2. The molecular formula is C67H61N5+2. The highest BCUT2D eigenvalue weighted by Gasteiger charge is 2.73. The second-order valence-corrected chi connectivity index (χ2v) is 27.4. The number of benzene rings is 5. The molecule has 1 unspecified atom stereocenters. The number of anilines is 6. The quantitative estimate of drug-likeness (QED) is 0.161. The smallest absolute Gasteiger partial charge is 0.308 e. The van der Waals surface area contributed by atoms with Crippen LogP contribution in [-0.2, 0) is 27.3 Å². The fourth-order valence-electron chi connectivity index (χ4n) is 21.4. The first-order chi connectivity index (χ1) is 35.0. The molecule has 5 aromatic carbocycles. The normalized spacial score (nSPS) is 32.9. The van der Waals surface area contributed by atoms with Crippen molar-refractivity contribution in [2.24, 2.45) is 35.5 Å². The molecule has 22 rings (SSSR count). The van der Waals surface area contributed by atoms with Gasteiger partial charge in [-0.3, -0.25) is 0 Å². The van der Waals surface area contributed by atoms with Crippen LogP contribution in [0.15, 0.2) is 115 Å². The van der Waals surface area contributed by atoms with E-state index in [0.29, 0.717) is 0 Å². The number of hydrogen-bond acceptors (Lipinski definition) is 2. The number of aromatic nitrogens is 3. The van der Waals surface area contributed by atoms with Crippen molar-refractivity contribution < 1.29 is 9.13 Å². The number of fused-ring (bicyclic) bond motifs is 11. The Morgan fingerprint density at radius 3 is 1.50 bits per heavy atom. The van der Waals surface area contributed by atoms with Gasteiger partial charge in [-0.2, -0.15) is 18.6 Å². The summed E-state index contributed by atoms with van der Waals surface area (Å²) in [4.78, 5) is 5.61. The van der Waals surface area contributed by atoms with E-state index in [1.165, 1.54) is 184 Å². The van der Waals surface area contributed by atoms with Crippen LogP contribution in [0.2, 0.25) is 0 Å². The third kappa shape index (κ3) is 3.91. The molecule has 5 heteroatoms. The van der Waals surface area contributed by atoms with Crippen LogP contribution in [0.3, 0.4) is 0 Å². The van der Waals surface area contributed by atoms with Crippen molar-refractivity contribution in [3.05, 3.63) is 160 Å². The predicted molar refractivity (Wildman–Crippen MR) is 285 cm³/mol. The minimum atomic E-state index is -0.679. The summed E-state index contributed by atoms with van der Waals surface area (Å²) in [5.74, 6) is 7.94. The number of nitrogens with zero attached hydrogens (tertiary/aromatic N) is 5. The van der Waals surface area contributed by atoms with Crippen molar-refractivity contribution in [3.63, 3.8) is 0 Å². The van der Waals surface area contributed by atoms with E-state index in [9.17, 15) is 0 Å². The zero-order valence-electron chi connectivity index (χ0n) is 42.2. The van der Waals surface area contributed by atoms with Gasteiger partial charge < -0.3 is 4.90 Å². The first kappa shape index (κ1) is 38.4. The van der Waals surface area contributed by atoms with E-state index in [-0.39, 0.29) is 21.7 Å². The van der Waals surface area contributed by atoms with Gasteiger partial charge in [-0.15, -0.1) is 0 Å². The van der Waals surface area contributed by atoms with Crippen LogP contribution >= 0.6 is 0 Å². The van der Waals surface area contributed by atoms with Gasteiger partial charge in [0.05, 0.1) is 17.1 Å². The molecule has 8 bridgehead atoms. The lowest BCUT2D eigenvalue weighted by molar-refractivity contribution is -0.931. The van der Waals surface area contributed by atoms with Crippen molar-refractivity contribution in [2.75, 3.05) is 9.80 Å². The number of hydrogen-bond donors (Lipinski definition) is 0. The standard InChI is InChI=1S/C67H61N5/c1-63(2)46-12-6-9-15-51(46)68-53-18-17-45-44-11-5-8-14-50(44)69-56-27-42(65-30-36-19-37(31-65)21-38(20-36)32-65)25-54-55-26-43(66-33-39-22-40(34-66)24-41(23-39)35-66)28-57-70-52-16-10-7-13-47(52)64(3,4)49-29-48(63)61(68)59(62(49)70)67(71(54)56,72(55)57)58(53)60(45)69/h5-18,25-29,36-41H,19-24,30-35H2,1-4H3/q+2. The fraction of sp³-hybridized carbons (Fsp3) is 0.403. The third-order valence-electron chi connectivity index (χ3n) is 23.2. The predicted octanol–water partition coefficient (Wildman–Crippen LogP) is 14.7. The zero-order valence-corrected chi connectivity index (χ0v) is 42.2. The van der Waals surface area contributed by atoms with Gasteiger partial charge in [0.25, 0.3) is 11.6 Å². The first-order valence-electron chi connectivity index (χ1n) is 28.4. The molecule has 0 saturated heterocycles. The highest BCUT2D eigenvalue weighted by molar-refractivity contribution is 6.14. The summed E-state index contributed by atoms with van der Waals surface area (Å²) in [6.45, 7) is 10.1. The molecule has 3 aromatic heterocycles. The molecule has 14 aliphatic rings. The monoisotopic (exact) mass is 935 g/mol. The molecule has 5 nitrogen and oxygen atoms in total. The first-order valence-corrected chi connectivity index (χ1v) is 28.4. The molecule has 72 heavy (non-hydrogen) atoms. The maximum atomic E-state index is 2.99. The van der Waals surface area contributed by atoms with Crippen LogP contribution in [-0.4, -0.2) is 4.57 Å². The van der Waals surface area contributed by atoms with Crippen molar-refractivity contribution in [1.82, 2.24) is 4.57 Å². The number of rotatable bonds is 2. The van der Waals surface area contributed by atoms with Crippen molar-refractivity contribution in [2.45, 2.75) is 132 Å². The van der Waals surface area contributed by atoms with E-state index in [1.54, 1.807) is 11.1 Å². The molecule has 8 saturated carbocycles. The minimum Gasteiger partial charge on any atom is -0.308 e. The SMILES string of the molecule is CC1(C)c2ccccc2N2c3ccc4c5ccccc5n5c4c3C34c6c2c1cc1c6N(c2ccccc2C1(C)C)c1cc(C26CC7CC(CC(C7)C2)C6)cc([n+]13)-c1cc(C23CC6CC(CC(C6)C2)C3)cc-5[n+]14. The Kier molecular flexibility index (Phi) is 6.19. The molecule has 352 valence electrons. The minimum absolute atomic E-state index is 0.221. The topological polar surface area (TPSA) is 19.2 Å². The van der Waals surface area contributed by atoms with Crippen LogP contribution < -0.4 is 18.9 Å². The maximum absolute atomic E-state index is 2.99. The highest BCUT2D eigenvalue weighted by atomic mass is 15.5. The fourth-order valence-corrected chi connectivity index (χ4v) is 21.4. The lowest BCUT2D eigenvalue weighted by Gasteiger charge is -2.57. The Morgan fingerprint density at radius 1 is 0.431 bits per heavy atom. The lowest BCUT2D eigenvalue weighted by Crippen LogP contribution is -2.77. The molecule has 0 radical (unpaired) electrons. The van der Waals surface area contributed by atoms with Crippen LogP contribution in [0.1, 0.15) is 149 Å². The largest absolute Gasteiger partial charge is 0.319 e. The van der Waals surface area contributed by atoms with Crippen LogP contribution in [0, 0.1) is 35.5 Å². The molecule has 0 N–H and O–H groups in total. The van der Waals surface area contributed by atoms with E-state index < -0.39 is 5.66 Å². The summed E-state index contributed by atoms with van der Waals surface area (Å²) >= 11 is 0. The van der Waals surface area contributed by atoms with Gasteiger partial charge in [-0.05, 0) is 200 Å². The molecule has 8 aromatic rings. The summed E-state index contributed by atoms with van der Waals surface area (Å²) in [5.41, 5.74) is 23.7. The number of pyridine rings is 2. The number of para-hydroxylation sites is 3. The Bertz CT molecular complexity index is 3920. The van der Waals surface area contributed by atoms with Gasteiger partial charge in [0.2, 0.25) is 0 Å². The van der Waals surface area contributed by atoms with Crippen LogP contribution in [0.4, 0.5) is 34.3 Å². The second-order valence-electron chi connectivity index (χ2n) is 27.4. The molecule has 8 fully saturated rings. The van der Waals surface area contributed by atoms with E-state index in [1.807, 2.05) is 0 Å². The summed E-state index contributed by atoms with van der Waals surface area (Å²) in [5, 5.41) is 2.73. The molecular weight excluding hydrogens is 875 g/mol. The second kappa shape index (κ2) is 11.6. The van der Waals surface area contributed by atoms with Gasteiger partial charge in [0.15, 0.2) is 22.6 Å². The van der Waals surface area contributed by atoms with E-state index in [0.717, 1.165) is 35.5 Å². The van der Waals surface area contributed by atoms with Gasteiger partial charge >= 0.3 is 5.66 Å². The van der Waals surface area contributed by atoms with Crippen molar-refractivity contribution in [1.29, 1.82) is 0 Å². The van der Waals surface area contributed by atoms with E-state index in [2.05, 4.69) is 166 Å². The molecule has 1 atom stereocenters. The van der Waals surface area contributed by atoms with E-state index >= 15 is 0 Å². The summed E-state index contributed by atoms with van der Waals surface area (Å²) in [7, 11) is 0. The van der Waals surface area contributed by atoms with Gasteiger partial charge in [-0.25, -0.2) is 0 Å². The Balaban J connectivity index is 1.03. The zero-order chi connectivity index (χ0) is 46.9. The maximum Gasteiger partial charge on any atom is 0.319 e.